The maximum absolute atomic E-state index is 11.6. The molecule has 0 saturated carbocycles. The topological polar surface area (TPSA) is 79.3 Å². The molecule has 158 valence electrons. The normalized spacial score (nSPS) is 15.2. The van der Waals surface area contributed by atoms with Gasteiger partial charge in [-0.3, -0.25) is 9.63 Å². The van der Waals surface area contributed by atoms with E-state index in [-0.39, 0.29) is 0 Å². The Labute approximate surface area is 176 Å². The summed E-state index contributed by atoms with van der Waals surface area (Å²) >= 11 is 0. The van der Waals surface area contributed by atoms with Crippen LogP contribution in [0.2, 0.25) is 0 Å². The predicted molar refractivity (Wildman–Crippen MR) is 117 cm³/mol. The van der Waals surface area contributed by atoms with Crippen LogP contribution >= 0.6 is 0 Å². The largest absolute Gasteiger partial charge is 0.369 e. The fourth-order valence-corrected chi connectivity index (χ4v) is 3.62. The second-order valence-corrected chi connectivity index (χ2v) is 7.74. The molecule has 1 aliphatic heterocycles. The van der Waals surface area contributed by atoms with Gasteiger partial charge in [0, 0.05) is 56.4 Å². The number of amides is 1. The molecular formula is C22H28N6O2. The highest BCUT2D eigenvalue weighted by Crippen LogP contribution is 2.24. The first kappa shape index (κ1) is 20.3. The van der Waals surface area contributed by atoms with Crippen LogP contribution in [0.5, 0.6) is 0 Å². The number of aromatic nitrogens is 2. The summed E-state index contributed by atoms with van der Waals surface area (Å²) < 4.78 is 1.83. The van der Waals surface area contributed by atoms with Gasteiger partial charge in [0.2, 0.25) is 0 Å². The summed E-state index contributed by atoms with van der Waals surface area (Å²) in [4.78, 5) is 26.6. The van der Waals surface area contributed by atoms with E-state index in [1.165, 1.54) is 5.69 Å². The van der Waals surface area contributed by atoms with Gasteiger partial charge < -0.3 is 19.9 Å². The number of benzene rings is 1. The van der Waals surface area contributed by atoms with Crippen LogP contribution in [-0.4, -0.2) is 78.7 Å². The number of piperazine rings is 1. The maximum atomic E-state index is 11.6. The lowest BCUT2D eigenvalue weighted by atomic mass is 10.1. The highest BCUT2D eigenvalue weighted by Gasteiger charge is 2.18. The van der Waals surface area contributed by atoms with Crippen molar-refractivity contribution in [1.82, 2.24) is 19.3 Å². The number of primary amides is 1. The number of imidazole rings is 1. The zero-order valence-corrected chi connectivity index (χ0v) is 17.5. The number of hydroxylamine groups is 2. The summed E-state index contributed by atoms with van der Waals surface area (Å²) in [7, 11) is 4.10. The number of pyridine rings is 1. The minimum atomic E-state index is -0.474. The van der Waals surface area contributed by atoms with Crippen molar-refractivity contribution in [3.05, 3.63) is 54.4 Å². The molecule has 1 saturated heterocycles. The van der Waals surface area contributed by atoms with E-state index in [9.17, 15) is 4.79 Å². The van der Waals surface area contributed by atoms with Crippen LogP contribution in [0, 0.1) is 0 Å². The standard InChI is InChI=1S/C22H28N6O2/c1-25(2)14-15-30-28-12-10-26(11-13-28)18-7-5-17(6-8-18)20-16-27-9-3-4-19(21(23)29)22(27)24-20/h3-9,16H,10-15H2,1-2H3,(H2,23,29). The van der Waals surface area contributed by atoms with Crippen molar-refractivity contribution >= 4 is 17.2 Å². The zero-order chi connectivity index (χ0) is 21.1. The van der Waals surface area contributed by atoms with E-state index >= 15 is 0 Å². The first-order chi connectivity index (χ1) is 14.5. The number of rotatable bonds is 7. The molecule has 3 heterocycles. The molecule has 8 heteroatoms. The molecule has 1 fully saturated rings. The first-order valence-corrected chi connectivity index (χ1v) is 10.2. The van der Waals surface area contributed by atoms with Gasteiger partial charge in [0.15, 0.2) is 0 Å². The smallest absolute Gasteiger partial charge is 0.252 e. The van der Waals surface area contributed by atoms with E-state index in [4.69, 9.17) is 10.6 Å². The van der Waals surface area contributed by atoms with Crippen molar-refractivity contribution in [2.45, 2.75) is 0 Å². The predicted octanol–water partition coefficient (Wildman–Crippen LogP) is 1.72. The third-order valence-electron chi connectivity index (χ3n) is 5.33. The van der Waals surface area contributed by atoms with Gasteiger partial charge in [-0.1, -0.05) is 12.1 Å². The van der Waals surface area contributed by atoms with Gasteiger partial charge in [-0.25, -0.2) is 4.98 Å². The van der Waals surface area contributed by atoms with Gasteiger partial charge in [-0.15, -0.1) is 0 Å². The molecule has 0 bridgehead atoms. The minimum absolute atomic E-state index is 0.422. The molecule has 0 radical (unpaired) electrons. The van der Waals surface area contributed by atoms with Crippen molar-refractivity contribution in [2.75, 3.05) is 58.3 Å². The summed E-state index contributed by atoms with van der Waals surface area (Å²) in [6.07, 6.45) is 3.79. The molecule has 0 spiro atoms. The third-order valence-corrected chi connectivity index (χ3v) is 5.33. The van der Waals surface area contributed by atoms with Crippen molar-refractivity contribution in [3.8, 4) is 11.3 Å². The van der Waals surface area contributed by atoms with Gasteiger partial charge in [-0.2, -0.15) is 5.06 Å². The quantitative estimate of drug-likeness (QED) is 0.641. The number of hydrogen-bond acceptors (Lipinski definition) is 6. The van der Waals surface area contributed by atoms with Crippen molar-refractivity contribution in [2.24, 2.45) is 5.73 Å². The number of nitrogens with two attached hydrogens (primary N) is 1. The Morgan fingerprint density at radius 1 is 1.13 bits per heavy atom. The molecule has 3 aromatic rings. The molecule has 0 aliphatic carbocycles. The molecule has 1 amide bonds. The first-order valence-electron chi connectivity index (χ1n) is 10.2. The average Bonchev–Trinajstić information content (AvgIpc) is 3.18. The molecule has 4 rings (SSSR count). The molecule has 8 nitrogen and oxygen atoms in total. The Morgan fingerprint density at radius 2 is 1.87 bits per heavy atom. The monoisotopic (exact) mass is 408 g/mol. The highest BCUT2D eigenvalue weighted by molar-refractivity contribution is 5.98. The van der Waals surface area contributed by atoms with E-state index in [1.807, 2.05) is 30.9 Å². The molecule has 1 aromatic carbocycles. The van der Waals surface area contributed by atoms with E-state index in [1.54, 1.807) is 12.1 Å². The van der Waals surface area contributed by atoms with Crippen LogP contribution in [0.1, 0.15) is 10.4 Å². The van der Waals surface area contributed by atoms with Crippen LogP contribution in [0.3, 0.4) is 0 Å². The lowest BCUT2D eigenvalue weighted by Crippen LogP contribution is -2.46. The van der Waals surface area contributed by atoms with E-state index < -0.39 is 5.91 Å². The second-order valence-electron chi connectivity index (χ2n) is 7.74. The Hall–Kier alpha value is -2.94. The number of likely N-dealkylation sites (N-methyl/N-ethyl adjacent to an activating group) is 1. The van der Waals surface area contributed by atoms with E-state index in [0.717, 1.165) is 50.6 Å². The number of carbonyl (C=O) groups is 1. The van der Waals surface area contributed by atoms with Gasteiger partial charge in [0.05, 0.1) is 17.9 Å². The molecule has 1 aliphatic rings. The van der Waals surface area contributed by atoms with Gasteiger partial charge in [0.25, 0.3) is 5.91 Å². The summed E-state index contributed by atoms with van der Waals surface area (Å²) in [6.45, 7) is 5.27. The van der Waals surface area contributed by atoms with Gasteiger partial charge in [-0.05, 0) is 38.4 Å². The van der Waals surface area contributed by atoms with Crippen LogP contribution in [0.25, 0.3) is 16.9 Å². The summed E-state index contributed by atoms with van der Waals surface area (Å²) in [5, 5.41) is 2.06. The van der Waals surface area contributed by atoms with Crippen LogP contribution in [0.4, 0.5) is 5.69 Å². The third kappa shape index (κ3) is 4.46. The van der Waals surface area contributed by atoms with Crippen molar-refractivity contribution in [3.63, 3.8) is 0 Å². The number of anilines is 1. The molecule has 0 unspecified atom stereocenters. The Morgan fingerprint density at radius 3 is 2.53 bits per heavy atom. The summed E-state index contributed by atoms with van der Waals surface area (Å²) in [5.41, 5.74) is 9.47. The highest BCUT2D eigenvalue weighted by atomic mass is 16.7. The van der Waals surface area contributed by atoms with E-state index in [0.29, 0.717) is 11.2 Å². The Bertz CT molecular complexity index is 1010. The Kier molecular flexibility index (Phi) is 5.98. The molecule has 2 aromatic heterocycles. The average molecular weight is 409 g/mol. The van der Waals surface area contributed by atoms with Crippen molar-refractivity contribution in [1.29, 1.82) is 0 Å². The minimum Gasteiger partial charge on any atom is -0.369 e. The van der Waals surface area contributed by atoms with Crippen LogP contribution < -0.4 is 10.6 Å². The fourth-order valence-electron chi connectivity index (χ4n) is 3.62. The zero-order valence-electron chi connectivity index (χ0n) is 17.5. The van der Waals surface area contributed by atoms with Crippen LogP contribution in [-0.2, 0) is 4.84 Å². The summed E-state index contributed by atoms with van der Waals surface area (Å²) in [5.74, 6) is -0.474. The number of hydrogen-bond donors (Lipinski definition) is 1. The fraction of sp³-hybridized carbons (Fsp3) is 0.364. The molecule has 30 heavy (non-hydrogen) atoms. The number of carbonyl (C=O) groups excluding carboxylic acids is 1. The Balaban J connectivity index is 1.41. The number of nitrogens with zero attached hydrogens (tertiary/aromatic N) is 5. The molecule has 2 N–H and O–H groups in total. The van der Waals surface area contributed by atoms with E-state index in [2.05, 4.69) is 44.1 Å². The maximum Gasteiger partial charge on any atom is 0.252 e. The SMILES string of the molecule is CN(C)CCON1CCN(c2ccc(-c3cn4cccc(C(N)=O)c4n3)cc2)CC1. The lowest BCUT2D eigenvalue weighted by Gasteiger charge is -2.35. The lowest BCUT2D eigenvalue weighted by molar-refractivity contribution is -0.163. The molecular weight excluding hydrogens is 380 g/mol. The van der Waals surface area contributed by atoms with Gasteiger partial charge >= 0.3 is 0 Å². The van der Waals surface area contributed by atoms with Crippen molar-refractivity contribution < 1.29 is 9.63 Å². The molecule has 0 atom stereocenters. The van der Waals surface area contributed by atoms with Gasteiger partial charge in [0.1, 0.15) is 5.65 Å². The number of fused-ring (bicyclic) bond motifs is 1. The second kappa shape index (κ2) is 8.83. The van der Waals surface area contributed by atoms with Crippen LogP contribution in [0.15, 0.2) is 48.8 Å². The summed E-state index contributed by atoms with van der Waals surface area (Å²) in [6, 6.07) is 11.9.